The van der Waals surface area contributed by atoms with E-state index in [1.165, 1.54) is 35.9 Å². The SMILES string of the molecule is Cc1ccc(NC2CCC(C)C2)c2cccnc12. The average Bonchev–Trinajstić information content (AvgIpc) is 2.79. The van der Waals surface area contributed by atoms with E-state index in [0.29, 0.717) is 6.04 Å². The molecule has 0 spiro atoms. The van der Waals surface area contributed by atoms with Crippen LogP contribution in [-0.4, -0.2) is 11.0 Å². The van der Waals surface area contributed by atoms with E-state index in [1.54, 1.807) is 0 Å². The summed E-state index contributed by atoms with van der Waals surface area (Å²) < 4.78 is 0. The number of rotatable bonds is 2. The van der Waals surface area contributed by atoms with Gasteiger partial charge in [-0.1, -0.05) is 13.0 Å². The predicted molar refractivity (Wildman–Crippen MR) is 76.9 cm³/mol. The summed E-state index contributed by atoms with van der Waals surface area (Å²) in [6, 6.07) is 9.17. The summed E-state index contributed by atoms with van der Waals surface area (Å²) in [6.45, 7) is 4.47. The highest BCUT2D eigenvalue weighted by atomic mass is 14.9. The highest BCUT2D eigenvalue weighted by Crippen LogP contribution is 2.30. The van der Waals surface area contributed by atoms with Crippen molar-refractivity contribution < 1.29 is 0 Å². The van der Waals surface area contributed by atoms with Gasteiger partial charge in [0.1, 0.15) is 0 Å². The molecule has 2 atom stereocenters. The van der Waals surface area contributed by atoms with Crippen LogP contribution in [0, 0.1) is 12.8 Å². The molecule has 0 bridgehead atoms. The minimum absolute atomic E-state index is 0.631. The van der Waals surface area contributed by atoms with E-state index in [4.69, 9.17) is 0 Å². The highest BCUT2D eigenvalue weighted by molar-refractivity contribution is 5.93. The number of fused-ring (bicyclic) bond motifs is 1. The molecule has 94 valence electrons. The number of anilines is 1. The van der Waals surface area contributed by atoms with E-state index in [2.05, 4.69) is 42.3 Å². The molecule has 0 amide bonds. The topological polar surface area (TPSA) is 24.9 Å². The van der Waals surface area contributed by atoms with Crippen LogP contribution in [0.3, 0.4) is 0 Å². The molecule has 1 N–H and O–H groups in total. The molecule has 1 aliphatic rings. The minimum atomic E-state index is 0.631. The molecule has 2 nitrogen and oxygen atoms in total. The monoisotopic (exact) mass is 240 g/mol. The van der Waals surface area contributed by atoms with Gasteiger partial charge >= 0.3 is 0 Å². The molecule has 1 saturated carbocycles. The summed E-state index contributed by atoms with van der Waals surface area (Å²) >= 11 is 0. The molecule has 0 saturated heterocycles. The number of hydrogen-bond acceptors (Lipinski definition) is 2. The summed E-state index contributed by atoms with van der Waals surface area (Å²) in [5.74, 6) is 0.859. The third kappa shape index (κ3) is 2.07. The fourth-order valence-electron chi connectivity index (χ4n) is 3.00. The molecule has 1 aromatic carbocycles. The van der Waals surface area contributed by atoms with Crippen molar-refractivity contribution in [2.24, 2.45) is 5.92 Å². The van der Waals surface area contributed by atoms with E-state index in [-0.39, 0.29) is 0 Å². The molecular weight excluding hydrogens is 220 g/mol. The lowest BCUT2D eigenvalue weighted by Gasteiger charge is -2.16. The van der Waals surface area contributed by atoms with Crippen molar-refractivity contribution in [3.05, 3.63) is 36.0 Å². The summed E-state index contributed by atoms with van der Waals surface area (Å²) in [5, 5.41) is 4.95. The smallest absolute Gasteiger partial charge is 0.0751 e. The second-order valence-corrected chi connectivity index (χ2v) is 5.59. The third-order valence-corrected chi connectivity index (χ3v) is 4.03. The van der Waals surface area contributed by atoms with Gasteiger partial charge in [0, 0.05) is 23.3 Å². The van der Waals surface area contributed by atoms with Crippen LogP contribution in [0.1, 0.15) is 31.7 Å². The first-order chi connectivity index (χ1) is 8.74. The normalized spacial score (nSPS) is 23.4. The highest BCUT2D eigenvalue weighted by Gasteiger charge is 2.21. The lowest BCUT2D eigenvalue weighted by Crippen LogP contribution is -2.15. The van der Waals surface area contributed by atoms with Crippen LogP contribution >= 0.6 is 0 Å². The molecule has 1 fully saturated rings. The molecule has 0 radical (unpaired) electrons. The molecule has 2 heteroatoms. The van der Waals surface area contributed by atoms with Gasteiger partial charge in [0.25, 0.3) is 0 Å². The molecule has 0 aliphatic heterocycles. The fourth-order valence-corrected chi connectivity index (χ4v) is 3.00. The van der Waals surface area contributed by atoms with Gasteiger partial charge in [-0.05, 0) is 55.9 Å². The van der Waals surface area contributed by atoms with E-state index in [1.807, 2.05) is 12.3 Å². The maximum absolute atomic E-state index is 4.49. The van der Waals surface area contributed by atoms with Gasteiger partial charge in [0.2, 0.25) is 0 Å². The van der Waals surface area contributed by atoms with Gasteiger partial charge in [-0.2, -0.15) is 0 Å². The Balaban J connectivity index is 1.95. The largest absolute Gasteiger partial charge is 0.382 e. The number of pyridine rings is 1. The molecular formula is C16H20N2. The molecule has 1 aliphatic carbocycles. The Morgan fingerprint density at radius 2 is 2.11 bits per heavy atom. The Bertz CT molecular complexity index is 562. The lowest BCUT2D eigenvalue weighted by atomic mass is 10.1. The fraction of sp³-hybridized carbons (Fsp3) is 0.438. The van der Waals surface area contributed by atoms with E-state index < -0.39 is 0 Å². The Morgan fingerprint density at radius 3 is 2.89 bits per heavy atom. The lowest BCUT2D eigenvalue weighted by molar-refractivity contribution is 0.603. The summed E-state index contributed by atoms with van der Waals surface area (Å²) in [6.07, 6.45) is 5.79. The van der Waals surface area contributed by atoms with Gasteiger partial charge in [0.15, 0.2) is 0 Å². The number of nitrogens with one attached hydrogen (secondary N) is 1. The summed E-state index contributed by atoms with van der Waals surface area (Å²) in [4.78, 5) is 4.49. The standard InChI is InChI=1S/C16H20N2/c1-11-5-7-13(10-11)18-15-8-6-12(2)16-14(15)4-3-9-17-16/h3-4,6,8-9,11,13,18H,5,7,10H2,1-2H3. The van der Waals surface area contributed by atoms with Crippen LogP contribution in [-0.2, 0) is 0 Å². The summed E-state index contributed by atoms with van der Waals surface area (Å²) in [5.41, 5.74) is 3.60. The van der Waals surface area contributed by atoms with Gasteiger partial charge in [-0.15, -0.1) is 0 Å². The quantitative estimate of drug-likeness (QED) is 0.853. The number of aryl methyl sites for hydroxylation is 1. The van der Waals surface area contributed by atoms with Crippen molar-refractivity contribution in [3.63, 3.8) is 0 Å². The first-order valence-electron chi connectivity index (χ1n) is 6.85. The first kappa shape index (κ1) is 11.5. The zero-order valence-electron chi connectivity index (χ0n) is 11.1. The van der Waals surface area contributed by atoms with E-state index >= 15 is 0 Å². The van der Waals surface area contributed by atoms with Crippen molar-refractivity contribution in [2.45, 2.75) is 39.2 Å². The number of benzene rings is 1. The van der Waals surface area contributed by atoms with E-state index in [9.17, 15) is 0 Å². The Hall–Kier alpha value is -1.57. The van der Waals surface area contributed by atoms with Crippen molar-refractivity contribution in [1.82, 2.24) is 4.98 Å². The second kappa shape index (κ2) is 4.60. The Labute approximate surface area is 108 Å². The molecule has 1 aromatic heterocycles. The predicted octanol–water partition coefficient (Wildman–Crippen LogP) is 4.14. The van der Waals surface area contributed by atoms with Crippen LogP contribution in [0.15, 0.2) is 30.5 Å². The van der Waals surface area contributed by atoms with Crippen LogP contribution < -0.4 is 5.32 Å². The second-order valence-electron chi connectivity index (χ2n) is 5.59. The zero-order chi connectivity index (χ0) is 12.5. The maximum atomic E-state index is 4.49. The van der Waals surface area contributed by atoms with Crippen molar-refractivity contribution >= 4 is 16.6 Å². The van der Waals surface area contributed by atoms with Gasteiger partial charge < -0.3 is 5.32 Å². The Morgan fingerprint density at radius 1 is 1.22 bits per heavy atom. The number of aromatic nitrogens is 1. The van der Waals surface area contributed by atoms with Crippen LogP contribution in [0.25, 0.3) is 10.9 Å². The number of hydrogen-bond donors (Lipinski definition) is 1. The summed E-state index contributed by atoms with van der Waals surface area (Å²) in [7, 11) is 0. The minimum Gasteiger partial charge on any atom is -0.382 e. The maximum Gasteiger partial charge on any atom is 0.0751 e. The molecule has 3 rings (SSSR count). The van der Waals surface area contributed by atoms with Crippen LogP contribution in [0.5, 0.6) is 0 Å². The molecule has 1 heterocycles. The van der Waals surface area contributed by atoms with Crippen LogP contribution in [0.2, 0.25) is 0 Å². The molecule has 2 unspecified atom stereocenters. The van der Waals surface area contributed by atoms with Crippen molar-refractivity contribution in [1.29, 1.82) is 0 Å². The van der Waals surface area contributed by atoms with Gasteiger partial charge in [0.05, 0.1) is 5.52 Å². The van der Waals surface area contributed by atoms with Crippen molar-refractivity contribution in [2.75, 3.05) is 5.32 Å². The average molecular weight is 240 g/mol. The van der Waals surface area contributed by atoms with E-state index in [0.717, 1.165) is 11.4 Å². The Kier molecular flexibility index (Phi) is 2.94. The third-order valence-electron chi connectivity index (χ3n) is 4.03. The van der Waals surface area contributed by atoms with Gasteiger partial charge in [-0.3, -0.25) is 4.98 Å². The van der Waals surface area contributed by atoms with Gasteiger partial charge in [-0.25, -0.2) is 0 Å². The molecule has 18 heavy (non-hydrogen) atoms. The number of nitrogens with zero attached hydrogens (tertiary/aromatic N) is 1. The zero-order valence-corrected chi connectivity index (χ0v) is 11.1. The first-order valence-corrected chi connectivity index (χ1v) is 6.85. The van der Waals surface area contributed by atoms with Crippen LogP contribution in [0.4, 0.5) is 5.69 Å². The van der Waals surface area contributed by atoms with Crippen molar-refractivity contribution in [3.8, 4) is 0 Å². The molecule has 2 aromatic rings.